The van der Waals surface area contributed by atoms with Crippen molar-refractivity contribution in [2.75, 3.05) is 6.61 Å². The van der Waals surface area contributed by atoms with Crippen molar-refractivity contribution in [2.45, 2.75) is 154 Å². The summed E-state index contributed by atoms with van der Waals surface area (Å²) in [6, 6.07) is -0.900. The summed E-state index contributed by atoms with van der Waals surface area (Å²) in [6.07, 6.45) is 25.2. The topological polar surface area (TPSA) is 116 Å². The molecule has 7 nitrogen and oxygen atoms in total. The maximum Gasteiger partial charge on any atom is 0.469 e. The molecule has 0 spiro atoms. The number of rotatable bonds is 26. The second kappa shape index (κ2) is 24.6. The van der Waals surface area contributed by atoms with Gasteiger partial charge in [0.25, 0.3) is 0 Å². The highest BCUT2D eigenvalue weighted by atomic mass is 31.2. The largest absolute Gasteiger partial charge is 0.469 e. The first-order chi connectivity index (χ1) is 17.3. The van der Waals surface area contributed by atoms with Crippen LogP contribution < -0.4 is 5.32 Å². The van der Waals surface area contributed by atoms with E-state index in [-0.39, 0.29) is 5.91 Å². The van der Waals surface area contributed by atoms with Crippen LogP contribution in [0.1, 0.15) is 142 Å². The highest BCUT2D eigenvalue weighted by molar-refractivity contribution is 7.46. The molecule has 1 amide bonds. The molecule has 0 heterocycles. The van der Waals surface area contributed by atoms with Crippen LogP contribution in [0.15, 0.2) is 12.2 Å². The van der Waals surface area contributed by atoms with Gasteiger partial charge in [-0.15, -0.1) is 0 Å². The van der Waals surface area contributed by atoms with Crippen LogP contribution in [0.5, 0.6) is 0 Å². The van der Waals surface area contributed by atoms with E-state index in [1.54, 1.807) is 6.08 Å². The monoisotopic (exact) mass is 533 g/mol. The second-order valence-electron chi connectivity index (χ2n) is 10.1. The lowest BCUT2D eigenvalue weighted by molar-refractivity contribution is -0.123. The van der Waals surface area contributed by atoms with E-state index in [1.807, 2.05) is 6.08 Å². The molecule has 0 unspecified atom stereocenters. The fourth-order valence-electron chi connectivity index (χ4n) is 4.22. The lowest BCUT2D eigenvalue weighted by Gasteiger charge is -2.22. The maximum atomic E-state index is 12.3. The fraction of sp³-hybridized carbons (Fsp3) is 0.893. The Labute approximate surface area is 221 Å². The molecule has 0 saturated heterocycles. The third kappa shape index (κ3) is 25.0. The summed E-state index contributed by atoms with van der Waals surface area (Å²) in [5.74, 6) is -0.234. The molecule has 0 aromatic rings. The molecule has 0 aromatic heterocycles. The molecule has 0 aliphatic rings. The summed E-state index contributed by atoms with van der Waals surface area (Å²) in [5.41, 5.74) is 0. The number of nitrogens with one attached hydrogen (secondary N) is 1. The molecule has 0 aliphatic heterocycles. The third-order valence-corrected chi connectivity index (χ3v) is 6.98. The zero-order valence-corrected chi connectivity index (χ0v) is 24.1. The minimum atomic E-state index is -4.69. The molecule has 0 radical (unpaired) electrons. The van der Waals surface area contributed by atoms with E-state index >= 15 is 0 Å². The number of aliphatic hydroxyl groups excluding tert-OH is 1. The van der Waals surface area contributed by atoms with E-state index < -0.39 is 26.6 Å². The van der Waals surface area contributed by atoms with Gasteiger partial charge in [-0.2, -0.15) is 0 Å². The minimum Gasteiger partial charge on any atom is -0.387 e. The molecule has 0 saturated carbocycles. The summed E-state index contributed by atoms with van der Waals surface area (Å²) in [7, 11) is -4.69. The van der Waals surface area contributed by atoms with Crippen LogP contribution in [0.4, 0.5) is 0 Å². The van der Waals surface area contributed by atoms with E-state index in [2.05, 4.69) is 23.7 Å². The van der Waals surface area contributed by atoms with Gasteiger partial charge in [-0.25, -0.2) is 4.57 Å². The van der Waals surface area contributed by atoms with E-state index in [0.717, 1.165) is 38.5 Å². The fourth-order valence-corrected chi connectivity index (χ4v) is 4.58. The van der Waals surface area contributed by atoms with Gasteiger partial charge in [-0.1, -0.05) is 129 Å². The number of amides is 1. The second-order valence-corrected chi connectivity index (χ2v) is 11.3. The van der Waals surface area contributed by atoms with Crippen molar-refractivity contribution in [3.63, 3.8) is 0 Å². The highest BCUT2D eigenvalue weighted by Gasteiger charge is 2.24. The smallest absolute Gasteiger partial charge is 0.387 e. The molecule has 214 valence electrons. The van der Waals surface area contributed by atoms with Crippen LogP contribution in [0, 0.1) is 0 Å². The third-order valence-electron chi connectivity index (χ3n) is 6.50. The van der Waals surface area contributed by atoms with Gasteiger partial charge in [0.15, 0.2) is 0 Å². The SMILES string of the molecule is CCCCCCCCCCCC/C=C/[C@@H](O)[C@H](COP(=O)(O)O)NC(=O)CCCCCCCCCC. The average molecular weight is 534 g/mol. The van der Waals surface area contributed by atoms with Crippen LogP contribution >= 0.6 is 7.82 Å². The quantitative estimate of drug-likeness (QED) is 0.0525. The summed E-state index contributed by atoms with van der Waals surface area (Å²) >= 11 is 0. The zero-order chi connectivity index (χ0) is 26.9. The molecule has 36 heavy (non-hydrogen) atoms. The number of phosphoric acid groups is 1. The maximum absolute atomic E-state index is 12.3. The Bertz CT molecular complexity index is 580. The first-order valence-corrected chi connectivity index (χ1v) is 16.2. The Kier molecular flexibility index (Phi) is 24.1. The normalized spacial score (nSPS) is 13.8. The van der Waals surface area contributed by atoms with Gasteiger partial charge in [0.05, 0.1) is 18.8 Å². The van der Waals surface area contributed by atoms with E-state index in [4.69, 9.17) is 9.79 Å². The number of carbonyl (C=O) groups is 1. The van der Waals surface area contributed by atoms with Crippen molar-refractivity contribution in [3.05, 3.63) is 12.2 Å². The van der Waals surface area contributed by atoms with Crippen LogP contribution in [0.3, 0.4) is 0 Å². The predicted molar refractivity (Wildman–Crippen MR) is 149 cm³/mol. The van der Waals surface area contributed by atoms with Gasteiger partial charge < -0.3 is 20.2 Å². The number of allylic oxidation sites excluding steroid dienone is 1. The minimum absolute atomic E-state index is 0.234. The summed E-state index contributed by atoms with van der Waals surface area (Å²) < 4.78 is 15.7. The van der Waals surface area contributed by atoms with Gasteiger partial charge in [0, 0.05) is 6.42 Å². The number of hydrogen-bond donors (Lipinski definition) is 4. The average Bonchev–Trinajstić information content (AvgIpc) is 2.83. The Morgan fingerprint density at radius 2 is 1.22 bits per heavy atom. The van der Waals surface area contributed by atoms with Crippen molar-refractivity contribution in [1.82, 2.24) is 5.32 Å². The molecule has 0 aliphatic carbocycles. The predicted octanol–water partition coefficient (Wildman–Crippen LogP) is 7.34. The van der Waals surface area contributed by atoms with Gasteiger partial charge in [0.1, 0.15) is 0 Å². The lowest BCUT2D eigenvalue weighted by atomic mass is 10.1. The zero-order valence-electron chi connectivity index (χ0n) is 23.2. The molecule has 0 bridgehead atoms. The standard InChI is InChI=1S/C28H56NO6P/c1-3-5-7-9-11-13-14-15-16-17-19-21-23-27(30)26(25-35-36(32,33)34)29-28(31)24-22-20-18-12-10-8-6-4-2/h21,23,26-27,30H,3-20,22,24-25H2,1-2H3,(H,29,31)(H2,32,33,34)/b23-21+/t26-,27+/m0/s1. The number of carbonyl (C=O) groups excluding carboxylic acids is 1. The van der Waals surface area contributed by atoms with Gasteiger partial charge >= 0.3 is 7.82 Å². The highest BCUT2D eigenvalue weighted by Crippen LogP contribution is 2.35. The lowest BCUT2D eigenvalue weighted by Crippen LogP contribution is -2.45. The first-order valence-electron chi connectivity index (χ1n) is 14.6. The molecule has 0 rings (SSSR count). The van der Waals surface area contributed by atoms with Crippen molar-refractivity contribution < 1.29 is 28.8 Å². The Morgan fingerprint density at radius 1 is 0.778 bits per heavy atom. The van der Waals surface area contributed by atoms with Crippen molar-refractivity contribution in [2.24, 2.45) is 0 Å². The molecule has 0 fully saturated rings. The Balaban J connectivity index is 4.20. The Hall–Kier alpha value is -0.720. The van der Waals surface area contributed by atoms with Crippen LogP contribution in [-0.4, -0.2) is 39.6 Å². The van der Waals surface area contributed by atoms with Crippen LogP contribution in [-0.2, 0) is 13.9 Å². The molecular formula is C28H56NO6P. The molecule has 2 atom stereocenters. The molecule has 8 heteroatoms. The summed E-state index contributed by atoms with van der Waals surface area (Å²) in [6.45, 7) is 3.98. The van der Waals surface area contributed by atoms with Crippen molar-refractivity contribution in [3.8, 4) is 0 Å². The van der Waals surface area contributed by atoms with Crippen LogP contribution in [0.25, 0.3) is 0 Å². The summed E-state index contributed by atoms with van der Waals surface area (Å²) in [4.78, 5) is 30.4. The summed E-state index contributed by atoms with van der Waals surface area (Å²) in [5, 5.41) is 13.2. The molecule has 0 aromatic carbocycles. The van der Waals surface area contributed by atoms with E-state index in [0.29, 0.717) is 6.42 Å². The van der Waals surface area contributed by atoms with Crippen molar-refractivity contribution >= 4 is 13.7 Å². The number of phosphoric ester groups is 1. The molecular weight excluding hydrogens is 477 g/mol. The Morgan fingerprint density at radius 3 is 1.69 bits per heavy atom. The van der Waals surface area contributed by atoms with E-state index in [9.17, 15) is 14.5 Å². The number of unbranched alkanes of at least 4 members (excludes halogenated alkanes) is 17. The van der Waals surface area contributed by atoms with Gasteiger partial charge in [-0.3, -0.25) is 9.32 Å². The van der Waals surface area contributed by atoms with Gasteiger partial charge in [-0.05, 0) is 19.3 Å². The molecule has 4 N–H and O–H groups in total. The van der Waals surface area contributed by atoms with Crippen molar-refractivity contribution in [1.29, 1.82) is 0 Å². The first kappa shape index (κ1) is 35.3. The van der Waals surface area contributed by atoms with E-state index in [1.165, 1.54) is 83.5 Å². The number of hydrogen-bond acceptors (Lipinski definition) is 4. The van der Waals surface area contributed by atoms with Gasteiger partial charge in [0.2, 0.25) is 5.91 Å². The van der Waals surface area contributed by atoms with Crippen LogP contribution in [0.2, 0.25) is 0 Å². The number of aliphatic hydroxyl groups is 1.